The molecule has 0 atom stereocenters. The van der Waals surface area contributed by atoms with E-state index < -0.39 is 23.5 Å². The van der Waals surface area contributed by atoms with Crippen molar-refractivity contribution in [3.05, 3.63) is 59.3 Å². The summed E-state index contributed by atoms with van der Waals surface area (Å²) in [7, 11) is 0. The van der Waals surface area contributed by atoms with Gasteiger partial charge >= 0.3 is 5.97 Å². The number of hydrogen-bond acceptors (Lipinski definition) is 3. The molecule has 1 heterocycles. The molecule has 2 aromatic rings. The Kier molecular flexibility index (Phi) is 3.69. The van der Waals surface area contributed by atoms with Crippen LogP contribution in [0, 0.1) is 11.6 Å². The summed E-state index contributed by atoms with van der Waals surface area (Å²) < 4.78 is 25.8. The Morgan fingerprint density at radius 3 is 2.55 bits per heavy atom. The van der Waals surface area contributed by atoms with Crippen LogP contribution in [0.25, 0.3) is 0 Å². The van der Waals surface area contributed by atoms with Crippen LogP contribution >= 0.6 is 0 Å². The zero-order chi connectivity index (χ0) is 14.7. The Morgan fingerprint density at radius 2 is 1.90 bits per heavy atom. The molecule has 0 aliphatic carbocycles. The molecule has 0 saturated heterocycles. The highest BCUT2D eigenvalue weighted by atomic mass is 19.2. The maximum absolute atomic E-state index is 13.0. The smallest absolute Gasteiger partial charge is 0.339 e. The number of pyridine rings is 1. The number of rotatable bonds is 3. The van der Waals surface area contributed by atoms with Crippen molar-refractivity contribution in [2.75, 3.05) is 5.32 Å². The number of hydrogen-bond donors (Lipinski definition) is 2. The number of halogens is 2. The predicted molar refractivity (Wildman–Crippen MR) is 65.5 cm³/mol. The van der Waals surface area contributed by atoms with Crippen molar-refractivity contribution in [3.8, 4) is 0 Å². The van der Waals surface area contributed by atoms with Gasteiger partial charge in [-0.05, 0) is 30.3 Å². The average molecular weight is 278 g/mol. The Balaban J connectivity index is 2.28. The van der Waals surface area contributed by atoms with Gasteiger partial charge in [0.15, 0.2) is 11.6 Å². The number of carboxylic acid groups (broad SMARTS) is 1. The van der Waals surface area contributed by atoms with Crippen molar-refractivity contribution in [2.45, 2.75) is 0 Å². The van der Waals surface area contributed by atoms with Gasteiger partial charge in [0.25, 0.3) is 5.91 Å². The summed E-state index contributed by atoms with van der Waals surface area (Å²) in [5, 5.41) is 11.2. The van der Waals surface area contributed by atoms with E-state index in [2.05, 4.69) is 10.3 Å². The van der Waals surface area contributed by atoms with Crippen LogP contribution in [0.1, 0.15) is 20.7 Å². The lowest BCUT2D eigenvalue weighted by molar-refractivity contribution is 0.0697. The molecule has 0 aliphatic heterocycles. The van der Waals surface area contributed by atoms with Crippen LogP contribution in [0.15, 0.2) is 36.5 Å². The highest BCUT2D eigenvalue weighted by molar-refractivity contribution is 6.06. The number of nitrogens with zero attached hydrogens (tertiary/aromatic N) is 1. The molecule has 1 amide bonds. The molecule has 5 nitrogen and oxygen atoms in total. The van der Waals surface area contributed by atoms with Gasteiger partial charge in [-0.3, -0.25) is 4.79 Å². The van der Waals surface area contributed by atoms with Gasteiger partial charge in [-0.15, -0.1) is 0 Å². The first-order valence-electron chi connectivity index (χ1n) is 5.44. The zero-order valence-electron chi connectivity index (χ0n) is 9.93. The highest BCUT2D eigenvalue weighted by Gasteiger charge is 2.15. The first kappa shape index (κ1) is 13.6. The number of anilines is 1. The molecule has 102 valence electrons. The second kappa shape index (κ2) is 5.43. The number of nitrogens with one attached hydrogen (secondary N) is 1. The minimum Gasteiger partial charge on any atom is -0.478 e. The molecule has 0 bridgehead atoms. The fourth-order valence-electron chi connectivity index (χ4n) is 1.49. The number of aromatic nitrogens is 1. The second-order valence-corrected chi connectivity index (χ2v) is 3.79. The third kappa shape index (κ3) is 2.77. The van der Waals surface area contributed by atoms with Gasteiger partial charge in [-0.2, -0.15) is 0 Å². The lowest BCUT2D eigenvalue weighted by atomic mass is 10.2. The summed E-state index contributed by atoms with van der Waals surface area (Å²) in [6, 6.07) is 5.26. The first-order chi connectivity index (χ1) is 9.49. The number of amides is 1. The SMILES string of the molecule is O=C(Nc1ncccc1C(=O)O)c1ccc(F)c(F)c1. The average Bonchev–Trinajstić information content (AvgIpc) is 2.42. The number of carbonyl (C=O) groups excluding carboxylic acids is 1. The predicted octanol–water partition coefficient (Wildman–Crippen LogP) is 2.31. The minimum absolute atomic E-state index is 0.147. The maximum atomic E-state index is 13.0. The van der Waals surface area contributed by atoms with Gasteiger partial charge in [-0.1, -0.05) is 0 Å². The van der Waals surface area contributed by atoms with E-state index in [1.54, 1.807) is 0 Å². The summed E-state index contributed by atoms with van der Waals surface area (Å²) >= 11 is 0. The first-order valence-corrected chi connectivity index (χ1v) is 5.44. The topological polar surface area (TPSA) is 79.3 Å². The van der Waals surface area contributed by atoms with Crippen LogP contribution in [-0.4, -0.2) is 22.0 Å². The summed E-state index contributed by atoms with van der Waals surface area (Å²) in [6.45, 7) is 0. The summed E-state index contributed by atoms with van der Waals surface area (Å²) in [4.78, 5) is 26.5. The molecular formula is C13H8F2N2O3. The van der Waals surface area contributed by atoms with E-state index >= 15 is 0 Å². The molecular weight excluding hydrogens is 270 g/mol. The third-order valence-corrected chi connectivity index (χ3v) is 2.45. The standard InChI is InChI=1S/C13H8F2N2O3/c14-9-4-3-7(6-10(9)15)12(18)17-11-8(13(19)20)2-1-5-16-11/h1-6H,(H,19,20)(H,16,17,18). The maximum Gasteiger partial charge on any atom is 0.339 e. The molecule has 0 aliphatic rings. The van der Waals surface area contributed by atoms with E-state index in [4.69, 9.17) is 5.11 Å². The Morgan fingerprint density at radius 1 is 1.15 bits per heavy atom. The number of benzene rings is 1. The van der Waals surface area contributed by atoms with Crippen molar-refractivity contribution in [2.24, 2.45) is 0 Å². The molecule has 1 aromatic carbocycles. The fraction of sp³-hybridized carbons (Fsp3) is 0. The number of aromatic carboxylic acids is 1. The van der Waals surface area contributed by atoms with E-state index in [9.17, 15) is 18.4 Å². The van der Waals surface area contributed by atoms with E-state index in [0.29, 0.717) is 6.07 Å². The van der Waals surface area contributed by atoms with Gasteiger partial charge in [0, 0.05) is 11.8 Å². The molecule has 1 aromatic heterocycles. The van der Waals surface area contributed by atoms with E-state index in [1.165, 1.54) is 18.3 Å². The molecule has 20 heavy (non-hydrogen) atoms. The molecule has 2 rings (SSSR count). The molecule has 0 spiro atoms. The summed E-state index contributed by atoms with van der Waals surface area (Å²) in [6.07, 6.45) is 1.30. The molecule has 2 N–H and O–H groups in total. The lowest BCUT2D eigenvalue weighted by Crippen LogP contribution is -2.16. The molecule has 0 unspecified atom stereocenters. The van der Waals surface area contributed by atoms with Crippen LogP contribution in [0.3, 0.4) is 0 Å². The Hall–Kier alpha value is -2.83. The van der Waals surface area contributed by atoms with Crippen LogP contribution in [0.4, 0.5) is 14.6 Å². The molecule has 0 radical (unpaired) electrons. The van der Waals surface area contributed by atoms with Crippen molar-refractivity contribution < 1.29 is 23.5 Å². The lowest BCUT2D eigenvalue weighted by Gasteiger charge is -2.07. The van der Waals surface area contributed by atoms with Crippen LogP contribution in [0.2, 0.25) is 0 Å². The molecule has 7 heteroatoms. The van der Waals surface area contributed by atoms with Crippen molar-refractivity contribution in [3.63, 3.8) is 0 Å². The van der Waals surface area contributed by atoms with Crippen LogP contribution in [-0.2, 0) is 0 Å². The van der Waals surface area contributed by atoms with E-state index in [1.807, 2.05) is 0 Å². The van der Waals surface area contributed by atoms with Gasteiger partial charge in [0.2, 0.25) is 0 Å². The van der Waals surface area contributed by atoms with Gasteiger partial charge in [0.05, 0.1) is 0 Å². The van der Waals surface area contributed by atoms with Gasteiger partial charge in [0.1, 0.15) is 11.4 Å². The zero-order valence-corrected chi connectivity index (χ0v) is 9.93. The summed E-state index contributed by atoms with van der Waals surface area (Å²) in [5.74, 6) is -4.47. The van der Waals surface area contributed by atoms with Crippen molar-refractivity contribution in [1.82, 2.24) is 4.98 Å². The monoisotopic (exact) mass is 278 g/mol. The normalized spacial score (nSPS) is 10.1. The molecule has 0 fully saturated rings. The highest BCUT2D eigenvalue weighted by Crippen LogP contribution is 2.14. The van der Waals surface area contributed by atoms with Gasteiger partial charge in [-0.25, -0.2) is 18.6 Å². The largest absolute Gasteiger partial charge is 0.478 e. The van der Waals surface area contributed by atoms with Crippen LogP contribution < -0.4 is 5.32 Å². The minimum atomic E-state index is -1.27. The number of carbonyl (C=O) groups is 2. The van der Waals surface area contributed by atoms with Crippen LogP contribution in [0.5, 0.6) is 0 Å². The van der Waals surface area contributed by atoms with Crippen molar-refractivity contribution >= 4 is 17.7 Å². The Labute approximate surface area is 111 Å². The quantitative estimate of drug-likeness (QED) is 0.903. The Bertz CT molecular complexity index is 689. The van der Waals surface area contributed by atoms with Crippen molar-refractivity contribution in [1.29, 1.82) is 0 Å². The number of carboxylic acids is 1. The van der Waals surface area contributed by atoms with Gasteiger partial charge < -0.3 is 10.4 Å². The molecule has 0 saturated carbocycles. The van der Waals surface area contributed by atoms with E-state index in [-0.39, 0.29) is 16.9 Å². The second-order valence-electron chi connectivity index (χ2n) is 3.79. The summed E-state index contributed by atoms with van der Waals surface area (Å²) in [5.41, 5.74) is -0.352. The van der Waals surface area contributed by atoms with E-state index in [0.717, 1.165) is 12.1 Å². The fourth-order valence-corrected chi connectivity index (χ4v) is 1.49. The third-order valence-electron chi connectivity index (χ3n) is 2.45.